The molecule has 1 heterocycles. The molecule has 0 saturated carbocycles. The van der Waals surface area contributed by atoms with E-state index >= 15 is 0 Å². The first-order valence-corrected chi connectivity index (χ1v) is 6.98. The molecule has 0 aliphatic rings. The third-order valence-corrected chi connectivity index (χ3v) is 3.06. The minimum absolute atomic E-state index is 0.179. The Bertz CT molecular complexity index is 579. The molecule has 2 rings (SSSR count). The van der Waals surface area contributed by atoms with E-state index in [1.54, 1.807) is 0 Å². The van der Waals surface area contributed by atoms with E-state index < -0.39 is 0 Å². The molecule has 106 valence electrons. The summed E-state index contributed by atoms with van der Waals surface area (Å²) in [6.07, 6.45) is 0.179. The quantitative estimate of drug-likeness (QED) is 0.902. The van der Waals surface area contributed by atoms with E-state index in [1.807, 2.05) is 46.0 Å². The van der Waals surface area contributed by atoms with Gasteiger partial charge in [-0.05, 0) is 51.6 Å². The second kappa shape index (κ2) is 6.53. The van der Waals surface area contributed by atoms with E-state index in [1.165, 1.54) is 5.56 Å². The topological polar surface area (TPSA) is 34.1 Å². The first-order chi connectivity index (χ1) is 9.60. The number of rotatable bonds is 5. The number of hydrogen-bond acceptors (Lipinski definition) is 3. The lowest BCUT2D eigenvalue weighted by molar-refractivity contribution is 0.242. The number of aromatic nitrogens is 1. The highest BCUT2D eigenvalue weighted by molar-refractivity contribution is 5.61. The van der Waals surface area contributed by atoms with Gasteiger partial charge in [-0.25, -0.2) is 0 Å². The van der Waals surface area contributed by atoms with Crippen LogP contribution in [-0.4, -0.2) is 18.1 Å². The van der Waals surface area contributed by atoms with Gasteiger partial charge in [0, 0.05) is 17.8 Å². The van der Waals surface area contributed by atoms with E-state index in [9.17, 15) is 0 Å². The number of ether oxygens (including phenoxy) is 1. The summed E-state index contributed by atoms with van der Waals surface area (Å²) in [7, 11) is 1.94. The second-order valence-electron chi connectivity index (χ2n) is 5.17. The fraction of sp³-hybridized carbons (Fsp3) is 0.353. The summed E-state index contributed by atoms with van der Waals surface area (Å²) in [4.78, 5) is 4.69. The molecular weight excluding hydrogens is 248 g/mol. The lowest BCUT2D eigenvalue weighted by atomic mass is 10.1. The van der Waals surface area contributed by atoms with Crippen LogP contribution in [0.15, 0.2) is 36.4 Å². The first kappa shape index (κ1) is 14.5. The lowest BCUT2D eigenvalue weighted by Gasteiger charge is -2.11. The molecule has 20 heavy (non-hydrogen) atoms. The van der Waals surface area contributed by atoms with Gasteiger partial charge in [0.1, 0.15) is 5.75 Å². The molecule has 1 aromatic carbocycles. The highest BCUT2D eigenvalue weighted by atomic mass is 16.5. The smallest absolute Gasteiger partial charge is 0.120 e. The molecule has 0 aliphatic carbocycles. The lowest BCUT2D eigenvalue weighted by Crippen LogP contribution is -2.07. The van der Waals surface area contributed by atoms with Gasteiger partial charge in [0.25, 0.3) is 0 Å². The normalized spacial score (nSPS) is 10.8. The summed E-state index contributed by atoms with van der Waals surface area (Å²) in [5.74, 6) is 0.885. The summed E-state index contributed by atoms with van der Waals surface area (Å²) in [5, 5.41) is 3.15. The van der Waals surface area contributed by atoms with E-state index in [2.05, 4.69) is 28.5 Å². The molecule has 0 spiro atoms. The fourth-order valence-electron chi connectivity index (χ4n) is 2.13. The number of pyridine rings is 1. The van der Waals surface area contributed by atoms with Crippen molar-refractivity contribution in [2.24, 2.45) is 0 Å². The van der Waals surface area contributed by atoms with Crippen LogP contribution in [0, 0.1) is 6.92 Å². The highest BCUT2D eigenvalue weighted by Gasteiger charge is 2.05. The third kappa shape index (κ3) is 3.58. The summed E-state index contributed by atoms with van der Waals surface area (Å²) >= 11 is 0. The SMILES string of the molecule is CNCc1ccc(-c2cccc(OC(C)C)c2)nc1C. The molecule has 0 radical (unpaired) electrons. The maximum absolute atomic E-state index is 5.73. The zero-order valence-electron chi connectivity index (χ0n) is 12.6. The van der Waals surface area contributed by atoms with Crippen molar-refractivity contribution in [1.29, 1.82) is 0 Å². The average molecular weight is 270 g/mol. The Morgan fingerprint density at radius 1 is 1.20 bits per heavy atom. The van der Waals surface area contributed by atoms with Crippen LogP contribution in [-0.2, 0) is 6.54 Å². The van der Waals surface area contributed by atoms with Crippen molar-refractivity contribution in [3.05, 3.63) is 47.7 Å². The van der Waals surface area contributed by atoms with Crippen molar-refractivity contribution in [2.45, 2.75) is 33.4 Å². The van der Waals surface area contributed by atoms with Crippen molar-refractivity contribution in [3.8, 4) is 17.0 Å². The van der Waals surface area contributed by atoms with E-state index in [0.717, 1.165) is 29.2 Å². The Kier molecular flexibility index (Phi) is 4.74. The molecule has 0 bridgehead atoms. The number of hydrogen-bond donors (Lipinski definition) is 1. The number of nitrogens with one attached hydrogen (secondary N) is 1. The Morgan fingerprint density at radius 2 is 2.00 bits per heavy atom. The van der Waals surface area contributed by atoms with E-state index in [0.29, 0.717) is 0 Å². The maximum Gasteiger partial charge on any atom is 0.120 e. The zero-order valence-corrected chi connectivity index (χ0v) is 12.6. The molecule has 0 unspecified atom stereocenters. The maximum atomic E-state index is 5.73. The molecule has 3 heteroatoms. The third-order valence-electron chi connectivity index (χ3n) is 3.06. The predicted molar refractivity (Wildman–Crippen MR) is 82.9 cm³/mol. The van der Waals surface area contributed by atoms with Gasteiger partial charge in [0.2, 0.25) is 0 Å². The van der Waals surface area contributed by atoms with Crippen LogP contribution in [0.25, 0.3) is 11.3 Å². The predicted octanol–water partition coefficient (Wildman–Crippen LogP) is 3.56. The zero-order chi connectivity index (χ0) is 14.5. The molecule has 2 aromatic rings. The molecule has 0 aliphatic heterocycles. The van der Waals surface area contributed by atoms with Crippen molar-refractivity contribution in [1.82, 2.24) is 10.3 Å². The van der Waals surface area contributed by atoms with Crippen LogP contribution in [0.3, 0.4) is 0 Å². The molecule has 0 amide bonds. The van der Waals surface area contributed by atoms with Crippen molar-refractivity contribution in [3.63, 3.8) is 0 Å². The number of benzene rings is 1. The van der Waals surface area contributed by atoms with Crippen molar-refractivity contribution >= 4 is 0 Å². The van der Waals surface area contributed by atoms with Crippen LogP contribution in [0.2, 0.25) is 0 Å². The fourth-order valence-corrected chi connectivity index (χ4v) is 2.13. The van der Waals surface area contributed by atoms with Crippen LogP contribution in [0.4, 0.5) is 0 Å². The highest BCUT2D eigenvalue weighted by Crippen LogP contribution is 2.24. The van der Waals surface area contributed by atoms with E-state index in [-0.39, 0.29) is 6.10 Å². The Balaban J connectivity index is 2.29. The standard InChI is InChI=1S/C17H22N2O/c1-12(2)20-16-7-5-6-14(10-16)17-9-8-15(11-18-4)13(3)19-17/h5-10,12,18H,11H2,1-4H3. The largest absolute Gasteiger partial charge is 0.491 e. The van der Waals surface area contributed by atoms with Crippen molar-refractivity contribution in [2.75, 3.05) is 7.05 Å². The van der Waals surface area contributed by atoms with E-state index in [4.69, 9.17) is 4.74 Å². The summed E-state index contributed by atoms with van der Waals surface area (Å²) in [5.41, 5.74) is 4.36. The van der Waals surface area contributed by atoms with Gasteiger partial charge in [0.05, 0.1) is 11.8 Å². The summed E-state index contributed by atoms with van der Waals surface area (Å²) in [6.45, 7) is 6.95. The summed E-state index contributed by atoms with van der Waals surface area (Å²) < 4.78 is 5.73. The van der Waals surface area contributed by atoms with Gasteiger partial charge < -0.3 is 10.1 Å². The Morgan fingerprint density at radius 3 is 2.65 bits per heavy atom. The molecule has 0 fully saturated rings. The molecule has 1 N–H and O–H groups in total. The van der Waals surface area contributed by atoms with Crippen LogP contribution >= 0.6 is 0 Å². The van der Waals surface area contributed by atoms with Gasteiger partial charge >= 0.3 is 0 Å². The van der Waals surface area contributed by atoms with Gasteiger partial charge in [-0.1, -0.05) is 18.2 Å². The van der Waals surface area contributed by atoms with Crippen molar-refractivity contribution < 1.29 is 4.74 Å². The van der Waals surface area contributed by atoms with Crippen LogP contribution < -0.4 is 10.1 Å². The van der Waals surface area contributed by atoms with Gasteiger partial charge in [-0.3, -0.25) is 4.98 Å². The van der Waals surface area contributed by atoms with Crippen LogP contribution in [0.5, 0.6) is 5.75 Å². The minimum Gasteiger partial charge on any atom is -0.491 e. The molecular formula is C17H22N2O. The van der Waals surface area contributed by atoms with Crippen LogP contribution in [0.1, 0.15) is 25.1 Å². The first-order valence-electron chi connectivity index (χ1n) is 6.98. The summed E-state index contributed by atoms with van der Waals surface area (Å²) in [6, 6.07) is 12.3. The minimum atomic E-state index is 0.179. The van der Waals surface area contributed by atoms with Gasteiger partial charge in [-0.15, -0.1) is 0 Å². The molecule has 0 saturated heterocycles. The Labute approximate surface area is 121 Å². The average Bonchev–Trinajstić information content (AvgIpc) is 2.41. The number of aryl methyl sites for hydroxylation is 1. The molecule has 1 aromatic heterocycles. The van der Waals surface area contributed by atoms with Gasteiger partial charge in [-0.2, -0.15) is 0 Å². The molecule has 0 atom stereocenters. The molecule has 3 nitrogen and oxygen atoms in total. The monoisotopic (exact) mass is 270 g/mol. The second-order valence-corrected chi connectivity index (χ2v) is 5.17. The Hall–Kier alpha value is -1.87. The number of nitrogens with zero attached hydrogens (tertiary/aromatic N) is 1. The van der Waals surface area contributed by atoms with Gasteiger partial charge in [0.15, 0.2) is 0 Å².